The number of ether oxygens (including phenoxy) is 1. The molecular weight excluding hydrogens is 332 g/mol. The highest BCUT2D eigenvalue weighted by atomic mass is 16.5. The number of aromatic hydroxyl groups is 1. The molecule has 2 aromatic carbocycles. The van der Waals surface area contributed by atoms with Gasteiger partial charge >= 0.3 is 0 Å². The van der Waals surface area contributed by atoms with Crippen molar-refractivity contribution in [2.24, 2.45) is 0 Å². The van der Waals surface area contributed by atoms with Gasteiger partial charge in [-0.1, -0.05) is 89.1 Å². The molecule has 0 unspecified atom stereocenters. The molecule has 0 atom stereocenters. The minimum Gasteiger partial charge on any atom is -0.504 e. The van der Waals surface area contributed by atoms with Gasteiger partial charge < -0.3 is 9.84 Å². The lowest BCUT2D eigenvalue weighted by molar-refractivity contribution is 0.404. The van der Waals surface area contributed by atoms with Gasteiger partial charge in [-0.15, -0.1) is 0 Å². The molecule has 0 aliphatic heterocycles. The van der Waals surface area contributed by atoms with E-state index < -0.39 is 0 Å². The molecule has 0 aromatic heterocycles. The van der Waals surface area contributed by atoms with Crippen molar-refractivity contribution in [3.8, 4) is 17.2 Å². The first-order chi connectivity index (χ1) is 13.3. The fourth-order valence-electron chi connectivity index (χ4n) is 3.45. The van der Waals surface area contributed by atoms with Crippen molar-refractivity contribution in [3.63, 3.8) is 0 Å². The second kappa shape index (κ2) is 12.4. The van der Waals surface area contributed by atoms with Crippen molar-refractivity contribution in [3.05, 3.63) is 53.6 Å². The van der Waals surface area contributed by atoms with Crippen molar-refractivity contribution in [2.75, 3.05) is 0 Å². The van der Waals surface area contributed by atoms with Gasteiger partial charge in [-0.05, 0) is 48.9 Å². The Labute approximate surface area is 165 Å². The van der Waals surface area contributed by atoms with E-state index in [1.54, 1.807) is 6.07 Å². The van der Waals surface area contributed by atoms with E-state index in [0.717, 1.165) is 37.0 Å². The topological polar surface area (TPSA) is 29.5 Å². The van der Waals surface area contributed by atoms with Crippen molar-refractivity contribution < 1.29 is 9.84 Å². The molecule has 0 aliphatic carbocycles. The Kier molecular flexibility index (Phi) is 9.83. The van der Waals surface area contributed by atoms with Gasteiger partial charge in [0.1, 0.15) is 5.75 Å². The van der Waals surface area contributed by atoms with Gasteiger partial charge in [0.05, 0.1) is 0 Å². The summed E-state index contributed by atoms with van der Waals surface area (Å²) in [6.45, 7) is 4.44. The molecule has 2 heteroatoms. The van der Waals surface area contributed by atoms with Crippen LogP contribution < -0.4 is 4.74 Å². The standard InChI is InChI=1S/C25H36O2/c1-3-5-7-8-9-10-11-16-21-17-12-13-20-24(21)27-25-22(15-6-4-2)18-14-19-23(25)26/h12-14,17-20,26H,3-11,15-16H2,1-2H3. The van der Waals surface area contributed by atoms with Crippen LogP contribution >= 0.6 is 0 Å². The fourth-order valence-corrected chi connectivity index (χ4v) is 3.45. The van der Waals surface area contributed by atoms with Crippen LogP contribution in [0.15, 0.2) is 42.5 Å². The van der Waals surface area contributed by atoms with Crippen molar-refractivity contribution in [1.29, 1.82) is 0 Å². The van der Waals surface area contributed by atoms with Crippen LogP contribution in [0.3, 0.4) is 0 Å². The van der Waals surface area contributed by atoms with Crippen LogP contribution in [0.5, 0.6) is 17.2 Å². The number of unbranched alkanes of at least 4 members (excludes halogenated alkanes) is 7. The molecule has 0 spiro atoms. The number of phenolic OH excluding ortho intramolecular Hbond substituents is 1. The molecule has 2 nitrogen and oxygen atoms in total. The van der Waals surface area contributed by atoms with E-state index in [9.17, 15) is 5.11 Å². The van der Waals surface area contributed by atoms with E-state index in [0.29, 0.717) is 5.75 Å². The first kappa shape index (κ1) is 21.3. The predicted molar refractivity (Wildman–Crippen MR) is 115 cm³/mol. The Morgan fingerprint density at radius 1 is 0.667 bits per heavy atom. The number of para-hydroxylation sites is 2. The summed E-state index contributed by atoms with van der Waals surface area (Å²) in [6.07, 6.45) is 13.4. The van der Waals surface area contributed by atoms with Gasteiger partial charge in [0.2, 0.25) is 0 Å². The molecule has 0 bridgehead atoms. The Bertz CT molecular complexity index is 663. The third-order valence-corrected chi connectivity index (χ3v) is 5.11. The summed E-state index contributed by atoms with van der Waals surface area (Å²) in [5.74, 6) is 1.73. The molecule has 0 aliphatic rings. The molecule has 2 aromatic rings. The van der Waals surface area contributed by atoms with E-state index in [1.807, 2.05) is 18.2 Å². The highest BCUT2D eigenvalue weighted by molar-refractivity contribution is 5.49. The molecule has 27 heavy (non-hydrogen) atoms. The van der Waals surface area contributed by atoms with Crippen LogP contribution in [-0.4, -0.2) is 5.11 Å². The molecule has 1 N–H and O–H groups in total. The molecule has 0 saturated carbocycles. The zero-order chi connectivity index (χ0) is 19.3. The molecule has 2 rings (SSSR count). The monoisotopic (exact) mass is 368 g/mol. The second-order valence-electron chi connectivity index (χ2n) is 7.45. The Hall–Kier alpha value is -1.96. The predicted octanol–water partition coefficient (Wildman–Crippen LogP) is 7.82. The number of benzene rings is 2. The normalized spacial score (nSPS) is 10.9. The van der Waals surface area contributed by atoms with Crippen LogP contribution in [-0.2, 0) is 12.8 Å². The van der Waals surface area contributed by atoms with Gasteiger partial charge in [0.25, 0.3) is 0 Å². The van der Waals surface area contributed by atoms with Gasteiger partial charge in [0, 0.05) is 0 Å². The maximum atomic E-state index is 10.3. The summed E-state index contributed by atoms with van der Waals surface area (Å²) in [4.78, 5) is 0. The summed E-state index contributed by atoms with van der Waals surface area (Å²) in [7, 11) is 0. The van der Waals surface area contributed by atoms with Crippen molar-refractivity contribution in [1.82, 2.24) is 0 Å². The third kappa shape index (κ3) is 7.28. The Balaban J connectivity index is 1.98. The van der Waals surface area contributed by atoms with E-state index in [-0.39, 0.29) is 5.75 Å². The quantitative estimate of drug-likeness (QED) is 0.365. The van der Waals surface area contributed by atoms with Gasteiger partial charge in [-0.2, -0.15) is 0 Å². The fraction of sp³-hybridized carbons (Fsp3) is 0.520. The molecule has 0 radical (unpaired) electrons. The Morgan fingerprint density at radius 2 is 1.30 bits per heavy atom. The first-order valence-corrected chi connectivity index (χ1v) is 10.8. The highest BCUT2D eigenvalue weighted by Crippen LogP contribution is 2.36. The van der Waals surface area contributed by atoms with Crippen molar-refractivity contribution >= 4 is 0 Å². The summed E-state index contributed by atoms with van der Waals surface area (Å²) < 4.78 is 6.23. The molecule has 0 heterocycles. The number of phenols is 1. The third-order valence-electron chi connectivity index (χ3n) is 5.11. The average molecular weight is 369 g/mol. The maximum absolute atomic E-state index is 10.3. The van der Waals surface area contributed by atoms with E-state index in [1.165, 1.54) is 50.5 Å². The minimum absolute atomic E-state index is 0.231. The van der Waals surface area contributed by atoms with Crippen molar-refractivity contribution in [2.45, 2.75) is 84.5 Å². The van der Waals surface area contributed by atoms with E-state index in [2.05, 4.69) is 32.0 Å². The molecular formula is C25H36O2. The highest BCUT2D eigenvalue weighted by Gasteiger charge is 2.12. The minimum atomic E-state index is 0.231. The average Bonchev–Trinajstić information content (AvgIpc) is 2.69. The van der Waals surface area contributed by atoms with E-state index >= 15 is 0 Å². The summed E-state index contributed by atoms with van der Waals surface area (Å²) in [6, 6.07) is 13.9. The summed E-state index contributed by atoms with van der Waals surface area (Å²) in [5, 5.41) is 10.3. The smallest absolute Gasteiger partial charge is 0.172 e. The lowest BCUT2D eigenvalue weighted by Crippen LogP contribution is -1.96. The molecule has 0 amide bonds. The lowest BCUT2D eigenvalue weighted by atomic mass is 10.0. The lowest BCUT2D eigenvalue weighted by Gasteiger charge is -2.15. The van der Waals surface area contributed by atoms with Crippen LogP contribution in [0.4, 0.5) is 0 Å². The SMILES string of the molecule is CCCCCCCCCc1ccccc1Oc1c(O)cccc1CCCC. The van der Waals surface area contributed by atoms with Gasteiger partial charge in [0.15, 0.2) is 11.5 Å². The number of rotatable bonds is 13. The molecule has 0 fully saturated rings. The number of hydrogen-bond acceptors (Lipinski definition) is 2. The van der Waals surface area contributed by atoms with Crippen LogP contribution in [0, 0.1) is 0 Å². The zero-order valence-corrected chi connectivity index (χ0v) is 17.2. The summed E-state index contributed by atoms with van der Waals surface area (Å²) >= 11 is 0. The first-order valence-electron chi connectivity index (χ1n) is 10.8. The summed E-state index contributed by atoms with van der Waals surface area (Å²) in [5.41, 5.74) is 2.32. The van der Waals surface area contributed by atoms with Gasteiger partial charge in [-0.25, -0.2) is 0 Å². The molecule has 0 saturated heterocycles. The van der Waals surface area contributed by atoms with Gasteiger partial charge in [-0.3, -0.25) is 0 Å². The number of aryl methyl sites for hydroxylation is 2. The van der Waals surface area contributed by atoms with Crippen LogP contribution in [0.25, 0.3) is 0 Å². The van der Waals surface area contributed by atoms with Crippen LogP contribution in [0.2, 0.25) is 0 Å². The maximum Gasteiger partial charge on any atom is 0.172 e. The zero-order valence-electron chi connectivity index (χ0n) is 17.2. The van der Waals surface area contributed by atoms with E-state index in [4.69, 9.17) is 4.74 Å². The Morgan fingerprint density at radius 3 is 2.07 bits per heavy atom. The molecule has 148 valence electrons. The number of hydrogen-bond donors (Lipinski definition) is 1. The van der Waals surface area contributed by atoms with Crippen LogP contribution in [0.1, 0.15) is 82.8 Å². The largest absolute Gasteiger partial charge is 0.504 e. The second-order valence-corrected chi connectivity index (χ2v) is 7.45.